The monoisotopic (exact) mass is 668 g/mol. The minimum atomic E-state index is -3.75. The van der Waals surface area contributed by atoms with E-state index in [1.54, 1.807) is 60.7 Å². The van der Waals surface area contributed by atoms with Crippen LogP contribution in [0.1, 0.15) is 43.6 Å². The molecule has 14 heteroatoms. The Morgan fingerprint density at radius 1 is 1.16 bits per heavy atom. The standard InChI is InChI=1S/C30H38ClFN4O6S2/c1-19(37)23-14-35(25-12-21(10-11-22(23)25)42-18-44(40,41)34-30(2,3)4)15-27(38)36-17-43(5,6)16-26(36)29(39)33-13-20-8-7-9-24(31)28(20)32/h7-12,14,26,34H,13,15-18H2,1-6H3,(H,33,39)/t26-/m0/s1. The molecule has 2 amide bonds. The predicted octanol–water partition coefficient (Wildman–Crippen LogP) is 4.24. The smallest absolute Gasteiger partial charge is 0.247 e. The Hall–Kier alpha value is -3.13. The molecule has 1 aliphatic heterocycles. The maximum absolute atomic E-state index is 14.4. The summed E-state index contributed by atoms with van der Waals surface area (Å²) in [7, 11) is -5.06. The molecule has 0 spiro atoms. The lowest BCUT2D eigenvalue weighted by molar-refractivity contribution is -0.138. The fourth-order valence-corrected chi connectivity index (χ4v) is 8.98. The Kier molecular flexibility index (Phi) is 9.74. The number of fused-ring (bicyclic) bond motifs is 1. The van der Waals surface area contributed by atoms with Crippen molar-refractivity contribution >= 4 is 60.2 Å². The maximum atomic E-state index is 14.4. The third kappa shape index (κ3) is 8.12. The number of ketones is 1. The molecule has 4 rings (SSSR count). The molecule has 10 nitrogen and oxygen atoms in total. The molecule has 3 aromatic rings. The van der Waals surface area contributed by atoms with Crippen molar-refractivity contribution in [1.29, 1.82) is 0 Å². The first kappa shape index (κ1) is 33.8. The number of benzene rings is 2. The van der Waals surface area contributed by atoms with Crippen molar-refractivity contribution in [2.45, 2.75) is 52.4 Å². The van der Waals surface area contributed by atoms with Crippen molar-refractivity contribution in [3.05, 3.63) is 64.6 Å². The number of hydrogen-bond donors (Lipinski definition) is 2. The van der Waals surface area contributed by atoms with Crippen LogP contribution in [0.15, 0.2) is 42.6 Å². The summed E-state index contributed by atoms with van der Waals surface area (Å²) in [6.45, 7) is 6.35. The van der Waals surface area contributed by atoms with Gasteiger partial charge in [0.2, 0.25) is 27.8 Å². The number of Topliss-reactive ketones (excluding diaryl/α,β-unsaturated/α-hetero) is 1. The van der Waals surface area contributed by atoms with E-state index in [9.17, 15) is 27.2 Å². The Morgan fingerprint density at radius 2 is 1.86 bits per heavy atom. The molecule has 2 aromatic carbocycles. The van der Waals surface area contributed by atoms with Crippen LogP contribution in [0.25, 0.3) is 10.9 Å². The van der Waals surface area contributed by atoms with Gasteiger partial charge in [0.05, 0.1) is 16.4 Å². The van der Waals surface area contributed by atoms with E-state index < -0.39 is 49.3 Å². The largest absolute Gasteiger partial charge is 0.476 e. The summed E-state index contributed by atoms with van der Waals surface area (Å²) in [6, 6.07) is 8.62. The zero-order chi connectivity index (χ0) is 32.6. The van der Waals surface area contributed by atoms with Crippen LogP contribution >= 0.6 is 21.6 Å². The number of aromatic nitrogens is 1. The van der Waals surface area contributed by atoms with E-state index in [1.165, 1.54) is 19.1 Å². The predicted molar refractivity (Wildman–Crippen MR) is 172 cm³/mol. The van der Waals surface area contributed by atoms with Crippen LogP contribution in [0.3, 0.4) is 0 Å². The minimum Gasteiger partial charge on any atom is -0.476 e. The number of carbonyl (C=O) groups is 3. The quantitative estimate of drug-likeness (QED) is 0.311. The molecule has 0 radical (unpaired) electrons. The molecule has 1 atom stereocenters. The van der Waals surface area contributed by atoms with E-state index in [0.717, 1.165) is 0 Å². The number of amides is 2. The zero-order valence-electron chi connectivity index (χ0n) is 25.6. The first-order chi connectivity index (χ1) is 20.4. The molecule has 44 heavy (non-hydrogen) atoms. The van der Waals surface area contributed by atoms with Crippen LogP contribution in [0.5, 0.6) is 5.75 Å². The number of carbonyl (C=O) groups excluding carboxylic acids is 3. The van der Waals surface area contributed by atoms with Crippen LogP contribution in [0.2, 0.25) is 5.02 Å². The molecule has 1 saturated heterocycles. The fraction of sp³-hybridized carbons (Fsp3) is 0.433. The normalized spacial score (nSPS) is 17.5. The van der Waals surface area contributed by atoms with Gasteiger partial charge in [0.1, 0.15) is 24.2 Å². The zero-order valence-corrected chi connectivity index (χ0v) is 28.0. The van der Waals surface area contributed by atoms with Gasteiger partial charge in [0.15, 0.2) is 5.78 Å². The first-order valence-corrected chi connectivity index (χ1v) is 18.6. The lowest BCUT2D eigenvalue weighted by Crippen LogP contribution is -2.48. The fourth-order valence-electron chi connectivity index (χ4n) is 5.14. The number of nitrogens with one attached hydrogen (secondary N) is 2. The van der Waals surface area contributed by atoms with Crippen LogP contribution in [-0.4, -0.2) is 77.1 Å². The van der Waals surface area contributed by atoms with Crippen LogP contribution in [0.4, 0.5) is 4.39 Å². The number of nitrogens with zero attached hydrogens (tertiary/aromatic N) is 2. The summed E-state index contributed by atoms with van der Waals surface area (Å²) >= 11 is 5.87. The van der Waals surface area contributed by atoms with Gasteiger partial charge in [-0.1, -0.05) is 23.7 Å². The van der Waals surface area contributed by atoms with Crippen molar-refractivity contribution < 1.29 is 31.9 Å². The van der Waals surface area contributed by atoms with Gasteiger partial charge in [0, 0.05) is 46.6 Å². The highest BCUT2D eigenvalue weighted by molar-refractivity contribution is 8.32. The summed E-state index contributed by atoms with van der Waals surface area (Å²) < 4.78 is 49.0. The van der Waals surface area contributed by atoms with E-state index in [4.69, 9.17) is 16.3 Å². The van der Waals surface area contributed by atoms with Crippen LogP contribution in [0, 0.1) is 5.82 Å². The molecular formula is C30H38ClFN4O6S2. The molecule has 2 heterocycles. The Labute approximate surface area is 263 Å². The third-order valence-electron chi connectivity index (χ3n) is 6.96. The Bertz CT molecular complexity index is 1720. The second-order valence-electron chi connectivity index (χ2n) is 12.5. The van der Waals surface area contributed by atoms with Gasteiger partial charge in [0.25, 0.3) is 0 Å². The van der Waals surface area contributed by atoms with Gasteiger partial charge in [-0.15, -0.1) is 0 Å². The summed E-state index contributed by atoms with van der Waals surface area (Å²) in [5.41, 5.74) is 0.463. The van der Waals surface area contributed by atoms with Crippen LogP contribution < -0.4 is 14.8 Å². The highest BCUT2D eigenvalue weighted by Crippen LogP contribution is 2.47. The van der Waals surface area contributed by atoms with E-state index in [1.807, 2.05) is 12.5 Å². The summed E-state index contributed by atoms with van der Waals surface area (Å²) in [5, 5.41) is 3.29. The summed E-state index contributed by atoms with van der Waals surface area (Å²) in [6.07, 6.45) is 5.67. The maximum Gasteiger partial charge on any atom is 0.247 e. The first-order valence-electron chi connectivity index (χ1n) is 13.8. The van der Waals surface area contributed by atoms with Crippen molar-refractivity contribution in [2.24, 2.45) is 0 Å². The topological polar surface area (TPSA) is 127 Å². The number of hydrogen-bond acceptors (Lipinski definition) is 6. The molecular weight excluding hydrogens is 631 g/mol. The summed E-state index contributed by atoms with van der Waals surface area (Å²) in [4.78, 5) is 41.0. The van der Waals surface area contributed by atoms with E-state index >= 15 is 0 Å². The van der Waals surface area contributed by atoms with E-state index in [-0.39, 0.29) is 41.1 Å². The van der Waals surface area contributed by atoms with E-state index in [0.29, 0.717) is 28.1 Å². The molecule has 0 saturated carbocycles. The van der Waals surface area contributed by atoms with Gasteiger partial charge in [-0.3, -0.25) is 14.4 Å². The molecule has 0 aliphatic carbocycles. The number of sulfonamides is 1. The Balaban J connectivity index is 1.56. The van der Waals surface area contributed by atoms with E-state index in [2.05, 4.69) is 10.0 Å². The van der Waals surface area contributed by atoms with Gasteiger partial charge < -0.3 is 19.5 Å². The molecule has 2 N–H and O–H groups in total. The van der Waals surface area contributed by atoms with Gasteiger partial charge in [-0.05, 0) is 58.4 Å². The molecule has 1 fully saturated rings. The van der Waals surface area contributed by atoms with Crippen molar-refractivity contribution in [3.8, 4) is 5.75 Å². The van der Waals surface area contributed by atoms with Gasteiger partial charge in [-0.25, -0.2) is 27.6 Å². The minimum absolute atomic E-state index is 0.0411. The highest BCUT2D eigenvalue weighted by Gasteiger charge is 2.41. The average Bonchev–Trinajstić information content (AvgIpc) is 3.43. The lowest BCUT2D eigenvalue weighted by Gasteiger charge is -2.25. The van der Waals surface area contributed by atoms with Crippen molar-refractivity contribution in [3.63, 3.8) is 0 Å². The molecule has 240 valence electrons. The van der Waals surface area contributed by atoms with Crippen molar-refractivity contribution in [2.75, 3.05) is 30.1 Å². The molecule has 0 bridgehead atoms. The van der Waals surface area contributed by atoms with Gasteiger partial charge in [-0.2, -0.15) is 0 Å². The summed E-state index contributed by atoms with van der Waals surface area (Å²) in [5.74, 6) is -1.00. The van der Waals surface area contributed by atoms with Crippen molar-refractivity contribution in [1.82, 2.24) is 19.5 Å². The second-order valence-corrected chi connectivity index (χ2v) is 18.7. The number of ether oxygens (including phenoxy) is 1. The second kappa shape index (κ2) is 12.7. The molecule has 1 aliphatic rings. The lowest BCUT2D eigenvalue weighted by atomic mass is 10.1. The molecule has 0 unspecified atom stereocenters. The van der Waals surface area contributed by atoms with Crippen LogP contribution in [-0.2, 0) is 32.7 Å². The third-order valence-corrected chi connectivity index (χ3v) is 10.8. The molecule has 1 aromatic heterocycles. The average molecular weight is 669 g/mol. The Morgan fingerprint density at radius 3 is 2.52 bits per heavy atom. The number of rotatable bonds is 10. The SMILES string of the molecule is CC(=O)c1cn(CC(=O)N2CS(C)(C)C[C@H]2C(=O)NCc2cccc(Cl)c2F)c2cc(OCS(=O)(=O)NC(C)(C)C)ccc12. The number of halogens is 2. The van der Waals surface area contributed by atoms with Gasteiger partial charge >= 0.3 is 0 Å². The highest BCUT2D eigenvalue weighted by atomic mass is 35.5.